The lowest BCUT2D eigenvalue weighted by Crippen LogP contribution is -2.12. The Morgan fingerprint density at radius 1 is 1.31 bits per heavy atom. The fourth-order valence-corrected chi connectivity index (χ4v) is 4.82. The molecule has 2 aromatic rings. The van der Waals surface area contributed by atoms with Crippen LogP contribution in [0.25, 0.3) is 9.40 Å². The highest BCUT2D eigenvalue weighted by atomic mass is 32.1. The van der Waals surface area contributed by atoms with Crippen molar-refractivity contribution in [3.8, 4) is 0 Å². The number of fused-ring (bicyclic) bond motifs is 1. The smallest absolute Gasteiger partial charge is 0.0454 e. The summed E-state index contributed by atoms with van der Waals surface area (Å²) in [5.74, 6) is 0.884. The number of hydrogen-bond acceptors (Lipinski definition) is 3. The van der Waals surface area contributed by atoms with Crippen molar-refractivity contribution in [1.29, 1.82) is 0 Å². The molecule has 0 radical (unpaired) electrons. The van der Waals surface area contributed by atoms with Crippen molar-refractivity contribution in [2.45, 2.75) is 38.1 Å². The van der Waals surface area contributed by atoms with Gasteiger partial charge in [0, 0.05) is 20.3 Å². The minimum atomic E-state index is 0.271. The molecule has 1 atom stereocenters. The van der Waals surface area contributed by atoms with Crippen LogP contribution >= 0.6 is 22.7 Å². The summed E-state index contributed by atoms with van der Waals surface area (Å²) in [5.41, 5.74) is 6.31. The second-order valence-electron chi connectivity index (χ2n) is 4.79. The molecular weight excluding hydrogens is 234 g/mol. The van der Waals surface area contributed by atoms with E-state index in [0.717, 1.165) is 5.92 Å². The van der Waals surface area contributed by atoms with Gasteiger partial charge in [-0.2, -0.15) is 0 Å². The quantitative estimate of drug-likeness (QED) is 0.851. The summed E-state index contributed by atoms with van der Waals surface area (Å²) in [6.45, 7) is 0. The summed E-state index contributed by atoms with van der Waals surface area (Å²) in [5, 5.41) is 2.16. The third kappa shape index (κ3) is 2.04. The van der Waals surface area contributed by atoms with Gasteiger partial charge >= 0.3 is 0 Å². The predicted molar refractivity (Wildman–Crippen MR) is 73.2 cm³/mol. The fraction of sp³-hybridized carbons (Fsp3) is 0.538. The molecule has 0 amide bonds. The van der Waals surface area contributed by atoms with Gasteiger partial charge in [0.05, 0.1) is 0 Å². The number of hydrogen-bond donors (Lipinski definition) is 1. The van der Waals surface area contributed by atoms with Crippen LogP contribution in [0.2, 0.25) is 0 Å². The second-order valence-corrected chi connectivity index (χ2v) is 6.85. The summed E-state index contributed by atoms with van der Waals surface area (Å²) < 4.78 is 2.81. The van der Waals surface area contributed by atoms with Crippen molar-refractivity contribution >= 4 is 32.1 Å². The van der Waals surface area contributed by atoms with Crippen molar-refractivity contribution < 1.29 is 0 Å². The van der Waals surface area contributed by atoms with Gasteiger partial charge in [0.2, 0.25) is 0 Å². The Morgan fingerprint density at radius 3 is 2.88 bits per heavy atom. The molecule has 16 heavy (non-hydrogen) atoms. The molecule has 1 fully saturated rings. The zero-order chi connectivity index (χ0) is 11.0. The number of nitrogens with two attached hydrogens (primary N) is 1. The van der Waals surface area contributed by atoms with Crippen molar-refractivity contribution in [2.75, 3.05) is 0 Å². The first-order valence-electron chi connectivity index (χ1n) is 6.05. The van der Waals surface area contributed by atoms with Crippen molar-refractivity contribution in [3.05, 3.63) is 22.4 Å². The molecule has 2 N–H and O–H groups in total. The van der Waals surface area contributed by atoms with Gasteiger partial charge in [-0.25, -0.2) is 0 Å². The van der Waals surface area contributed by atoms with E-state index in [9.17, 15) is 0 Å². The second kappa shape index (κ2) is 4.47. The molecule has 0 aliphatic heterocycles. The summed E-state index contributed by atoms with van der Waals surface area (Å²) in [7, 11) is 0. The third-order valence-corrected chi connectivity index (χ3v) is 5.81. The maximum absolute atomic E-state index is 6.31. The summed E-state index contributed by atoms with van der Waals surface area (Å²) in [4.78, 5) is 1.38. The lowest BCUT2D eigenvalue weighted by atomic mass is 9.98. The molecule has 1 saturated carbocycles. The van der Waals surface area contributed by atoms with Crippen molar-refractivity contribution in [1.82, 2.24) is 0 Å². The molecule has 1 unspecified atom stereocenters. The lowest BCUT2D eigenvalue weighted by molar-refractivity contribution is 0.454. The van der Waals surface area contributed by atoms with Crippen LogP contribution in [0.1, 0.15) is 43.0 Å². The number of rotatable bonds is 3. The Bertz CT molecular complexity index is 436. The molecule has 3 rings (SSSR count). The maximum Gasteiger partial charge on any atom is 0.0454 e. The normalized spacial score (nSPS) is 19.6. The summed E-state index contributed by atoms with van der Waals surface area (Å²) in [6, 6.07) is 4.77. The molecule has 86 valence electrons. The first-order valence-corrected chi connectivity index (χ1v) is 7.75. The van der Waals surface area contributed by atoms with E-state index < -0.39 is 0 Å². The third-order valence-electron chi connectivity index (χ3n) is 3.59. The van der Waals surface area contributed by atoms with Crippen LogP contribution in [0.15, 0.2) is 17.5 Å². The Morgan fingerprint density at radius 2 is 2.12 bits per heavy atom. The minimum Gasteiger partial charge on any atom is -0.323 e. The van der Waals surface area contributed by atoms with Crippen LogP contribution < -0.4 is 5.73 Å². The van der Waals surface area contributed by atoms with Gasteiger partial charge in [0.15, 0.2) is 0 Å². The van der Waals surface area contributed by atoms with E-state index in [1.165, 1.54) is 46.4 Å². The van der Waals surface area contributed by atoms with E-state index in [4.69, 9.17) is 5.73 Å². The van der Waals surface area contributed by atoms with Gasteiger partial charge in [-0.05, 0) is 29.9 Å². The molecule has 2 aromatic heterocycles. The Kier molecular flexibility index (Phi) is 3.01. The molecule has 0 saturated heterocycles. The largest absolute Gasteiger partial charge is 0.323 e. The van der Waals surface area contributed by atoms with E-state index in [-0.39, 0.29) is 6.04 Å². The first-order chi connectivity index (χ1) is 7.83. The van der Waals surface area contributed by atoms with E-state index in [1.807, 2.05) is 22.7 Å². The molecule has 1 aliphatic rings. The molecular formula is C13H17NS2. The molecule has 0 aromatic carbocycles. The molecule has 1 aliphatic carbocycles. The average Bonchev–Trinajstić information content (AvgIpc) is 2.91. The predicted octanol–water partition coefficient (Wildman–Crippen LogP) is 4.54. The standard InChI is InChI=1S/C13H17NS2/c14-10(7-9-3-1-2-4-9)12-8-13-11(16-12)5-6-15-13/h5-6,8-10H,1-4,7,14H2. The highest BCUT2D eigenvalue weighted by Crippen LogP contribution is 2.37. The summed E-state index contributed by atoms with van der Waals surface area (Å²) in [6.07, 6.45) is 6.81. The van der Waals surface area contributed by atoms with Crippen LogP contribution in [-0.4, -0.2) is 0 Å². The highest BCUT2D eigenvalue weighted by Gasteiger charge is 2.20. The Hall–Kier alpha value is -0.380. The van der Waals surface area contributed by atoms with Gasteiger partial charge in [-0.3, -0.25) is 0 Å². The van der Waals surface area contributed by atoms with Gasteiger partial charge in [0.25, 0.3) is 0 Å². The van der Waals surface area contributed by atoms with Gasteiger partial charge in [0.1, 0.15) is 0 Å². The van der Waals surface area contributed by atoms with Crippen LogP contribution in [0, 0.1) is 5.92 Å². The summed E-state index contributed by atoms with van der Waals surface area (Å²) >= 11 is 3.70. The minimum absolute atomic E-state index is 0.271. The van der Waals surface area contributed by atoms with Crippen molar-refractivity contribution in [3.63, 3.8) is 0 Å². The van der Waals surface area contributed by atoms with Crippen LogP contribution in [0.5, 0.6) is 0 Å². The molecule has 2 heterocycles. The molecule has 0 bridgehead atoms. The van der Waals surface area contributed by atoms with Crippen LogP contribution in [-0.2, 0) is 0 Å². The Balaban J connectivity index is 1.73. The van der Waals surface area contributed by atoms with Gasteiger partial charge in [-0.15, -0.1) is 22.7 Å². The van der Waals surface area contributed by atoms with Gasteiger partial charge in [-0.1, -0.05) is 25.7 Å². The Labute approximate surface area is 104 Å². The van der Waals surface area contributed by atoms with Crippen molar-refractivity contribution in [2.24, 2.45) is 11.7 Å². The lowest BCUT2D eigenvalue weighted by Gasteiger charge is -2.14. The molecule has 1 nitrogen and oxygen atoms in total. The molecule has 0 spiro atoms. The molecule has 3 heteroatoms. The SMILES string of the molecule is NC(CC1CCCC1)c1cc2sccc2s1. The van der Waals surface area contributed by atoms with Crippen LogP contribution in [0.3, 0.4) is 0 Å². The first kappa shape index (κ1) is 10.8. The maximum atomic E-state index is 6.31. The van der Waals surface area contributed by atoms with Crippen LogP contribution in [0.4, 0.5) is 0 Å². The van der Waals surface area contributed by atoms with E-state index in [1.54, 1.807) is 0 Å². The van der Waals surface area contributed by atoms with E-state index in [2.05, 4.69) is 17.5 Å². The number of thiophene rings is 2. The monoisotopic (exact) mass is 251 g/mol. The van der Waals surface area contributed by atoms with E-state index >= 15 is 0 Å². The fourth-order valence-electron chi connectivity index (χ4n) is 2.69. The topological polar surface area (TPSA) is 26.0 Å². The highest BCUT2D eigenvalue weighted by molar-refractivity contribution is 7.26. The zero-order valence-corrected chi connectivity index (χ0v) is 10.9. The average molecular weight is 251 g/mol. The van der Waals surface area contributed by atoms with Gasteiger partial charge < -0.3 is 5.73 Å². The zero-order valence-electron chi connectivity index (χ0n) is 9.32. The van der Waals surface area contributed by atoms with E-state index in [0.29, 0.717) is 0 Å².